The minimum absolute atomic E-state index is 0.0122. The number of carbonyl (C=O) groups is 1. The average Bonchev–Trinajstić information content (AvgIpc) is 3.15. The van der Waals surface area contributed by atoms with Crippen molar-refractivity contribution in [3.05, 3.63) is 99.3 Å². The molecule has 12 nitrogen and oxygen atoms in total. The van der Waals surface area contributed by atoms with Crippen molar-refractivity contribution in [2.75, 3.05) is 6.61 Å². The van der Waals surface area contributed by atoms with Gasteiger partial charge in [0.25, 0.3) is 5.56 Å². The second-order valence-corrected chi connectivity index (χ2v) is 11.8. The maximum absolute atomic E-state index is 13.8. The topological polar surface area (TPSA) is 158 Å². The van der Waals surface area contributed by atoms with Crippen molar-refractivity contribution >= 4 is 25.3 Å². The highest BCUT2D eigenvalue weighted by molar-refractivity contribution is 7.52. The number of aliphatic hydroxyl groups excluding tert-OH is 1. The maximum atomic E-state index is 13.8. The Morgan fingerprint density at radius 1 is 1.18 bits per heavy atom. The summed E-state index contributed by atoms with van der Waals surface area (Å²) in [6.45, 7) is 2.40. The van der Waals surface area contributed by atoms with Gasteiger partial charge < -0.3 is 19.1 Å². The molecule has 1 saturated heterocycles. The summed E-state index contributed by atoms with van der Waals surface area (Å²) in [5.41, 5.74) is -0.631. The molecular weight excluding hydrogens is 565 g/mol. The predicted octanol–water partition coefficient (Wildman–Crippen LogP) is 2.72. The number of hydrogen-bond donors (Lipinski definition) is 3. The second kappa shape index (κ2) is 12.5. The predicted molar refractivity (Wildman–Crippen MR) is 145 cm³/mol. The van der Waals surface area contributed by atoms with Gasteiger partial charge in [-0.15, -0.1) is 11.6 Å². The third-order valence-corrected chi connectivity index (χ3v) is 8.18. The summed E-state index contributed by atoms with van der Waals surface area (Å²) < 4.78 is 37.2. The number of para-hydroxylation sites is 1. The van der Waals surface area contributed by atoms with E-state index in [1.54, 1.807) is 42.5 Å². The van der Waals surface area contributed by atoms with Gasteiger partial charge in [-0.05, 0) is 31.5 Å². The Morgan fingerprint density at radius 3 is 2.48 bits per heavy atom. The van der Waals surface area contributed by atoms with Gasteiger partial charge in [-0.3, -0.25) is 23.7 Å². The van der Waals surface area contributed by atoms with Crippen LogP contribution in [-0.4, -0.2) is 50.4 Å². The molecule has 40 heavy (non-hydrogen) atoms. The first kappa shape index (κ1) is 29.7. The Morgan fingerprint density at radius 2 is 1.82 bits per heavy atom. The van der Waals surface area contributed by atoms with E-state index in [0.717, 1.165) is 16.2 Å². The highest BCUT2D eigenvalue weighted by atomic mass is 35.5. The lowest BCUT2D eigenvalue weighted by molar-refractivity contribution is -0.146. The molecule has 0 spiro atoms. The van der Waals surface area contributed by atoms with E-state index >= 15 is 0 Å². The molecule has 0 aliphatic carbocycles. The Balaban J connectivity index is 1.48. The van der Waals surface area contributed by atoms with Crippen LogP contribution in [0.3, 0.4) is 0 Å². The Hall–Kier alpha value is -3.25. The molecule has 1 aromatic heterocycles. The zero-order valence-corrected chi connectivity index (χ0v) is 23.3. The fraction of sp³-hybridized carbons (Fsp3) is 0.346. The summed E-state index contributed by atoms with van der Waals surface area (Å²) in [6.07, 6.45) is -2.56. The number of carbonyl (C=O) groups excluding carboxylic acids is 1. The van der Waals surface area contributed by atoms with Crippen LogP contribution in [0, 0.1) is 0 Å². The number of nitrogens with one attached hydrogen (secondary N) is 2. The molecule has 3 aromatic rings. The molecular formula is C26H29ClN3O9P. The first-order valence-electron chi connectivity index (χ1n) is 12.3. The van der Waals surface area contributed by atoms with E-state index < -0.39 is 60.9 Å². The molecule has 0 saturated carbocycles. The molecule has 14 heteroatoms. The molecule has 0 bridgehead atoms. The quantitative estimate of drug-likeness (QED) is 0.171. The summed E-state index contributed by atoms with van der Waals surface area (Å²) >= 11 is 6.56. The molecule has 3 N–H and O–H groups in total. The Kier molecular flexibility index (Phi) is 9.29. The Bertz CT molecular complexity index is 1470. The molecule has 1 unspecified atom stereocenters. The van der Waals surface area contributed by atoms with Crippen molar-refractivity contribution in [2.45, 2.75) is 49.8 Å². The Labute approximate surface area is 234 Å². The summed E-state index contributed by atoms with van der Waals surface area (Å²) in [4.78, 5) is 37.0. The number of alkyl halides is 1. The van der Waals surface area contributed by atoms with E-state index in [1.165, 1.54) is 20.0 Å². The minimum Gasteiger partial charge on any atom is -0.460 e. The third-order valence-electron chi connectivity index (χ3n) is 6.13. The SMILES string of the molecule is C[C@@H](NP(=O)(OC[C@H]1O[C@@H](n2ccc(=O)[nH]c2=O)[C@](C)(Cl)[C@@H]1O)Oc1ccccc1)C(=O)OCc1ccccc1. The number of rotatable bonds is 11. The van der Waals surface area contributed by atoms with Crippen molar-refractivity contribution in [3.63, 3.8) is 0 Å². The number of halogens is 1. The van der Waals surface area contributed by atoms with Gasteiger partial charge in [0.2, 0.25) is 0 Å². The molecule has 1 aliphatic heterocycles. The second-order valence-electron chi connectivity index (χ2n) is 9.28. The van der Waals surface area contributed by atoms with E-state index in [0.29, 0.717) is 0 Å². The number of aromatic amines is 1. The van der Waals surface area contributed by atoms with Gasteiger partial charge in [0.15, 0.2) is 6.23 Å². The summed E-state index contributed by atoms with van der Waals surface area (Å²) in [5, 5.41) is 13.4. The van der Waals surface area contributed by atoms with Gasteiger partial charge in [-0.2, -0.15) is 5.09 Å². The van der Waals surface area contributed by atoms with Gasteiger partial charge in [0, 0.05) is 12.3 Å². The number of aromatic nitrogens is 2. The normalized spacial score (nSPS) is 24.6. The van der Waals surface area contributed by atoms with Crippen LogP contribution in [0.1, 0.15) is 25.6 Å². The lowest BCUT2D eigenvalue weighted by Crippen LogP contribution is -2.43. The van der Waals surface area contributed by atoms with Crippen LogP contribution in [0.4, 0.5) is 0 Å². The molecule has 2 heterocycles. The maximum Gasteiger partial charge on any atom is 0.459 e. The minimum atomic E-state index is -4.28. The van der Waals surface area contributed by atoms with Crippen LogP contribution in [0.2, 0.25) is 0 Å². The highest BCUT2D eigenvalue weighted by Crippen LogP contribution is 2.48. The molecule has 1 aliphatic rings. The number of ether oxygens (including phenoxy) is 2. The fourth-order valence-electron chi connectivity index (χ4n) is 3.99. The zero-order chi connectivity index (χ0) is 28.9. The van der Waals surface area contributed by atoms with Crippen LogP contribution in [0.5, 0.6) is 5.75 Å². The lowest BCUT2D eigenvalue weighted by atomic mass is 10.0. The van der Waals surface area contributed by atoms with E-state index in [-0.39, 0.29) is 12.4 Å². The first-order chi connectivity index (χ1) is 19.0. The fourth-order valence-corrected chi connectivity index (χ4v) is 5.79. The largest absolute Gasteiger partial charge is 0.460 e. The number of esters is 1. The summed E-state index contributed by atoms with van der Waals surface area (Å²) in [7, 11) is -4.28. The van der Waals surface area contributed by atoms with Gasteiger partial charge >= 0.3 is 19.4 Å². The molecule has 214 valence electrons. The molecule has 2 aromatic carbocycles. The molecule has 6 atom stereocenters. The van der Waals surface area contributed by atoms with E-state index in [9.17, 15) is 24.1 Å². The van der Waals surface area contributed by atoms with Gasteiger partial charge in [-0.25, -0.2) is 9.36 Å². The van der Waals surface area contributed by atoms with Crippen LogP contribution >= 0.6 is 19.3 Å². The monoisotopic (exact) mass is 593 g/mol. The standard InChI is InChI=1S/C26H29ClN3O9P/c1-17(23(33)36-15-18-9-5-3-6-10-18)29-40(35,39-19-11-7-4-8-12-19)37-16-20-22(32)26(2,27)24(38-20)30-14-13-21(31)28-25(30)34/h3-14,17,20,22,24,32H,15-16H2,1-2H3,(H,29,35)(H,28,31,34)/t17-,20-,22-,24-,26-,40?/m1/s1. The number of aliphatic hydroxyl groups is 1. The van der Waals surface area contributed by atoms with Crippen molar-refractivity contribution in [2.24, 2.45) is 0 Å². The average molecular weight is 594 g/mol. The van der Waals surface area contributed by atoms with Crippen LogP contribution in [-0.2, 0) is 30.0 Å². The number of H-pyrrole nitrogens is 1. The van der Waals surface area contributed by atoms with Gasteiger partial charge in [0.05, 0.1) is 6.61 Å². The molecule has 1 fully saturated rings. The molecule has 0 radical (unpaired) electrons. The first-order valence-corrected chi connectivity index (χ1v) is 14.2. The number of benzene rings is 2. The zero-order valence-electron chi connectivity index (χ0n) is 21.6. The van der Waals surface area contributed by atoms with Gasteiger partial charge in [0.1, 0.15) is 35.5 Å². The number of hydrogen-bond acceptors (Lipinski definition) is 9. The molecule has 4 rings (SSSR count). The van der Waals surface area contributed by atoms with Crippen LogP contribution in [0.25, 0.3) is 0 Å². The van der Waals surface area contributed by atoms with Crippen molar-refractivity contribution in [1.29, 1.82) is 0 Å². The summed E-state index contributed by atoms with van der Waals surface area (Å²) in [5.74, 6) is -0.511. The number of nitrogens with zero attached hydrogens (tertiary/aromatic N) is 1. The van der Waals surface area contributed by atoms with E-state index in [4.69, 9.17) is 30.1 Å². The smallest absolute Gasteiger partial charge is 0.459 e. The van der Waals surface area contributed by atoms with Crippen molar-refractivity contribution in [1.82, 2.24) is 14.6 Å². The van der Waals surface area contributed by atoms with Crippen molar-refractivity contribution < 1.29 is 33.0 Å². The van der Waals surface area contributed by atoms with Gasteiger partial charge in [-0.1, -0.05) is 48.5 Å². The van der Waals surface area contributed by atoms with Crippen molar-refractivity contribution in [3.8, 4) is 5.75 Å². The highest BCUT2D eigenvalue weighted by Gasteiger charge is 2.54. The third kappa shape index (κ3) is 7.08. The van der Waals surface area contributed by atoms with E-state index in [2.05, 4.69) is 10.1 Å². The summed E-state index contributed by atoms with van der Waals surface area (Å²) in [6, 6.07) is 17.2. The lowest BCUT2D eigenvalue weighted by Gasteiger charge is -2.26. The molecule has 0 amide bonds. The van der Waals surface area contributed by atoms with E-state index in [1.807, 2.05) is 18.2 Å². The van der Waals surface area contributed by atoms with Crippen LogP contribution in [0.15, 0.2) is 82.5 Å². The van der Waals surface area contributed by atoms with Crippen LogP contribution < -0.4 is 20.9 Å².